The second-order valence-electron chi connectivity index (χ2n) is 8.69. The zero-order chi connectivity index (χ0) is 22.7. The third-order valence-electron chi connectivity index (χ3n) is 6.85. The van der Waals surface area contributed by atoms with Crippen molar-refractivity contribution in [2.45, 2.75) is 18.3 Å². The number of ketones is 2. The van der Waals surface area contributed by atoms with Gasteiger partial charge in [0.1, 0.15) is 0 Å². The highest BCUT2D eigenvalue weighted by molar-refractivity contribution is 14.1. The predicted molar refractivity (Wildman–Crippen MR) is 148 cm³/mol. The molecule has 0 saturated carbocycles. The topological polar surface area (TPSA) is 34.1 Å². The molecular formula is C29H18I2O2. The molecular weight excluding hydrogens is 634 g/mol. The smallest absolute Gasteiger partial charge is 0.170 e. The van der Waals surface area contributed by atoms with Gasteiger partial charge in [0.25, 0.3) is 0 Å². The Morgan fingerprint density at radius 3 is 1.27 bits per heavy atom. The molecule has 2 nitrogen and oxygen atoms in total. The van der Waals surface area contributed by atoms with Crippen LogP contribution < -0.4 is 0 Å². The maximum Gasteiger partial charge on any atom is 0.170 e. The van der Waals surface area contributed by atoms with Gasteiger partial charge in [0.05, 0.1) is 0 Å². The zero-order valence-corrected chi connectivity index (χ0v) is 21.8. The van der Waals surface area contributed by atoms with Crippen LogP contribution in [0, 0.1) is 7.14 Å². The van der Waals surface area contributed by atoms with E-state index in [1.54, 1.807) is 0 Å². The Morgan fingerprint density at radius 2 is 0.879 bits per heavy atom. The molecule has 2 atom stereocenters. The van der Waals surface area contributed by atoms with Crippen LogP contribution >= 0.6 is 45.2 Å². The van der Waals surface area contributed by atoms with Crippen LogP contribution in [0.3, 0.4) is 0 Å². The van der Waals surface area contributed by atoms with Crippen molar-refractivity contribution in [3.63, 3.8) is 0 Å². The van der Waals surface area contributed by atoms with Crippen LogP contribution in [-0.4, -0.2) is 11.6 Å². The summed E-state index contributed by atoms with van der Waals surface area (Å²) in [5, 5.41) is 0. The van der Waals surface area contributed by atoms with E-state index in [0.29, 0.717) is 17.5 Å². The zero-order valence-electron chi connectivity index (χ0n) is 17.5. The minimum atomic E-state index is -0.257. The average Bonchev–Trinajstić information content (AvgIpc) is 2.84. The molecule has 0 aromatic heterocycles. The monoisotopic (exact) mass is 652 g/mol. The third kappa shape index (κ3) is 3.58. The molecule has 0 spiro atoms. The van der Waals surface area contributed by atoms with Crippen molar-refractivity contribution in [2.24, 2.45) is 0 Å². The molecule has 33 heavy (non-hydrogen) atoms. The largest absolute Gasteiger partial charge is 0.293 e. The Hall–Kier alpha value is -2.32. The molecule has 0 saturated heterocycles. The van der Waals surface area contributed by atoms with Gasteiger partial charge in [-0.1, -0.05) is 48.5 Å². The maximum atomic E-state index is 13.6. The Balaban J connectivity index is 1.43. The molecule has 4 heteroatoms. The molecule has 0 aliphatic heterocycles. The van der Waals surface area contributed by atoms with Crippen molar-refractivity contribution in [1.29, 1.82) is 0 Å². The van der Waals surface area contributed by atoms with Crippen LogP contribution in [0.1, 0.15) is 50.1 Å². The van der Waals surface area contributed by atoms with Gasteiger partial charge in [-0.2, -0.15) is 0 Å². The molecule has 2 unspecified atom stereocenters. The summed E-state index contributed by atoms with van der Waals surface area (Å²) < 4.78 is 2.35. The van der Waals surface area contributed by atoms with Gasteiger partial charge in [0, 0.05) is 30.1 Å². The molecule has 0 amide bonds. The van der Waals surface area contributed by atoms with Gasteiger partial charge in [0.15, 0.2) is 11.6 Å². The lowest BCUT2D eigenvalue weighted by atomic mass is 9.65. The lowest BCUT2D eigenvalue weighted by Gasteiger charge is -2.36. The average molecular weight is 652 g/mol. The molecule has 4 aromatic rings. The fraction of sp³-hybridized carbons (Fsp3) is 0.103. The number of benzene rings is 4. The maximum absolute atomic E-state index is 13.6. The van der Waals surface area contributed by atoms with Gasteiger partial charge in [0.2, 0.25) is 0 Å². The van der Waals surface area contributed by atoms with E-state index in [1.807, 2.05) is 36.4 Å². The number of Topliss-reactive ketones (excluding diaryl/α,β-unsaturated/α-hetero) is 2. The minimum absolute atomic E-state index is 0.129. The van der Waals surface area contributed by atoms with E-state index in [0.717, 1.165) is 33.4 Å². The van der Waals surface area contributed by atoms with Crippen LogP contribution in [0.4, 0.5) is 0 Å². The summed E-state index contributed by atoms with van der Waals surface area (Å²) in [5.41, 5.74) is 7.34. The molecule has 160 valence electrons. The van der Waals surface area contributed by atoms with Crippen LogP contribution in [0.25, 0.3) is 22.3 Å². The first-order chi connectivity index (χ1) is 16.0. The summed E-state index contributed by atoms with van der Waals surface area (Å²) in [6.45, 7) is 0. The van der Waals surface area contributed by atoms with Crippen molar-refractivity contribution >= 4 is 56.7 Å². The van der Waals surface area contributed by atoms with Crippen molar-refractivity contribution in [1.82, 2.24) is 0 Å². The van der Waals surface area contributed by atoms with Crippen LogP contribution in [0.2, 0.25) is 0 Å². The van der Waals surface area contributed by atoms with E-state index in [9.17, 15) is 9.59 Å². The summed E-state index contributed by atoms with van der Waals surface area (Å²) in [6.07, 6.45) is 0.573. The van der Waals surface area contributed by atoms with Crippen LogP contribution in [-0.2, 0) is 0 Å². The van der Waals surface area contributed by atoms with E-state index >= 15 is 0 Å². The number of carbonyl (C=O) groups excluding carboxylic acids is 2. The van der Waals surface area contributed by atoms with Crippen molar-refractivity contribution in [2.75, 3.05) is 0 Å². The first-order valence-corrected chi connectivity index (χ1v) is 13.0. The number of hydrogen-bond acceptors (Lipinski definition) is 2. The summed E-state index contributed by atoms with van der Waals surface area (Å²) in [6, 6.07) is 28.6. The lowest BCUT2D eigenvalue weighted by molar-refractivity contribution is 0.0875. The normalized spacial score (nSPS) is 18.6. The second-order valence-corrected chi connectivity index (χ2v) is 11.2. The third-order valence-corrected chi connectivity index (χ3v) is 8.29. The van der Waals surface area contributed by atoms with Gasteiger partial charge >= 0.3 is 0 Å². The SMILES string of the molecule is O=C1c2cc(-c3ccc(I)cc3)ccc2C2CC1c1ccc(-c3ccc(I)cc3)cc1C2=O. The van der Waals surface area contributed by atoms with Crippen molar-refractivity contribution in [3.8, 4) is 22.3 Å². The second kappa shape index (κ2) is 8.17. The quantitative estimate of drug-likeness (QED) is 0.207. The highest BCUT2D eigenvalue weighted by Gasteiger charge is 2.44. The summed E-state index contributed by atoms with van der Waals surface area (Å²) in [7, 11) is 0. The molecule has 2 aliphatic rings. The Labute approximate surface area is 219 Å². The molecule has 0 radical (unpaired) electrons. The number of hydrogen-bond donors (Lipinski definition) is 0. The Morgan fingerprint density at radius 1 is 0.515 bits per heavy atom. The number of halogens is 2. The lowest BCUT2D eigenvalue weighted by Crippen LogP contribution is -2.34. The molecule has 0 fully saturated rings. The Kier molecular flexibility index (Phi) is 5.25. The first-order valence-electron chi connectivity index (χ1n) is 10.9. The van der Waals surface area contributed by atoms with Crippen molar-refractivity contribution in [3.05, 3.63) is 114 Å². The van der Waals surface area contributed by atoms with E-state index in [-0.39, 0.29) is 23.4 Å². The standard InChI is InChI=1S/C29H18I2O2/c30-20-7-1-16(2-8-20)18-5-11-22-24(13-18)28(32)27-15-26(22)29(33)25-14-19(6-12-23(25)27)17-3-9-21(31)10-4-17/h1-14,26-27H,15H2. The fourth-order valence-corrected chi connectivity index (χ4v) is 5.87. The highest BCUT2D eigenvalue weighted by Crippen LogP contribution is 2.48. The van der Waals surface area contributed by atoms with E-state index in [4.69, 9.17) is 0 Å². The Bertz CT molecular complexity index is 1320. The molecule has 2 aliphatic carbocycles. The fourth-order valence-electron chi connectivity index (χ4n) is 5.15. The van der Waals surface area contributed by atoms with E-state index in [2.05, 4.69) is 93.7 Å². The van der Waals surface area contributed by atoms with E-state index < -0.39 is 0 Å². The molecule has 6 rings (SSSR count). The van der Waals surface area contributed by atoms with Gasteiger partial charge in [-0.3, -0.25) is 9.59 Å². The van der Waals surface area contributed by atoms with Gasteiger partial charge in [-0.25, -0.2) is 0 Å². The van der Waals surface area contributed by atoms with Crippen LogP contribution in [0.15, 0.2) is 84.9 Å². The number of fused-ring (bicyclic) bond motifs is 6. The first kappa shape index (κ1) is 21.2. The predicted octanol–water partition coefficient (Wildman–Crippen LogP) is 7.88. The van der Waals surface area contributed by atoms with Crippen molar-refractivity contribution < 1.29 is 9.59 Å². The minimum Gasteiger partial charge on any atom is -0.293 e. The van der Waals surface area contributed by atoms with Gasteiger partial charge < -0.3 is 0 Å². The summed E-state index contributed by atoms with van der Waals surface area (Å²) in [4.78, 5) is 27.2. The van der Waals surface area contributed by atoms with E-state index in [1.165, 1.54) is 7.14 Å². The van der Waals surface area contributed by atoms with Gasteiger partial charge in [-0.15, -0.1) is 0 Å². The molecule has 4 aromatic carbocycles. The summed E-state index contributed by atoms with van der Waals surface area (Å²) in [5.74, 6) is -0.255. The van der Waals surface area contributed by atoms with Gasteiger partial charge in [-0.05, 0) is 121 Å². The molecule has 0 heterocycles. The number of rotatable bonds is 2. The van der Waals surface area contributed by atoms with Crippen LogP contribution in [0.5, 0.6) is 0 Å². The molecule has 2 bridgehead atoms. The number of carbonyl (C=O) groups is 2. The summed E-state index contributed by atoms with van der Waals surface area (Å²) >= 11 is 4.58. The highest BCUT2D eigenvalue weighted by atomic mass is 127. The molecule has 0 N–H and O–H groups in total.